The molecule has 0 saturated heterocycles. The average Bonchev–Trinajstić information content (AvgIpc) is 1.33. The molecule has 0 atom stereocenters. The van der Waals surface area contributed by atoms with E-state index in [1.165, 1.54) is 0 Å². The minimum Gasteiger partial charge on any atom is -0.443 e. The third-order valence-corrected chi connectivity index (χ3v) is 0. The molecule has 0 aliphatic carbocycles. The molecule has 0 aliphatic heterocycles. The average molecular weight is 105 g/mol. The molecule has 0 heterocycles. The molecule has 4 N–H and O–H groups in total. The summed E-state index contributed by atoms with van der Waals surface area (Å²) >= 11 is 0. The zero-order valence-corrected chi connectivity index (χ0v) is 3.31. The number of hydrogen-bond donors (Lipinski definition) is 4. The first-order valence-electron chi connectivity index (χ1n) is 1.22. The van der Waals surface area contributed by atoms with Gasteiger partial charge in [0.2, 0.25) is 0 Å². The molecule has 0 rings (SSSR count). The van der Waals surface area contributed by atoms with E-state index in [2.05, 4.69) is 0 Å². The Labute approximate surface area is 40.2 Å². The van der Waals surface area contributed by atoms with Crippen molar-refractivity contribution in [2.45, 2.75) is 0 Å². The van der Waals surface area contributed by atoms with Crippen LogP contribution in [0.1, 0.15) is 0 Å². The Morgan fingerprint density at radius 2 is 1.29 bits per heavy atom. The highest BCUT2D eigenvalue weighted by Crippen LogP contribution is 1.40. The van der Waals surface area contributed by atoms with Gasteiger partial charge in [-0.15, -0.1) is 0 Å². The van der Waals surface area contributed by atoms with Gasteiger partial charge in [0.05, 0.1) is 0 Å². The van der Waals surface area contributed by atoms with Crippen molar-refractivity contribution in [2.24, 2.45) is 0 Å². The lowest BCUT2D eigenvalue weighted by Crippen LogP contribution is -2.07. The largest absolute Gasteiger partial charge is 0.631 e. The number of rotatable bonds is 0. The highest BCUT2D eigenvalue weighted by molar-refractivity contribution is 6.30. The molecule has 7 heavy (non-hydrogen) atoms. The van der Waals surface area contributed by atoms with E-state index in [0.29, 0.717) is 0 Å². The smallest absolute Gasteiger partial charge is 0.443 e. The minimum atomic E-state index is -2.17. The standard InChI is InChI=1S/CHNO.BH3O3/c2-1-3;2-1(3)4/h3H;2-4H. The van der Waals surface area contributed by atoms with Gasteiger partial charge >= 0.3 is 7.32 Å². The van der Waals surface area contributed by atoms with E-state index in [0.717, 1.165) is 6.26 Å². The summed E-state index contributed by atoms with van der Waals surface area (Å²) in [5.41, 5.74) is 0. The molecule has 0 aromatic carbocycles. The maximum Gasteiger partial charge on any atom is 0.631 e. The molecule has 0 aromatic rings. The van der Waals surface area contributed by atoms with Gasteiger partial charge in [-0.2, -0.15) is 5.26 Å². The van der Waals surface area contributed by atoms with Gasteiger partial charge in [0.1, 0.15) is 0 Å². The predicted octanol–water partition coefficient (Wildman–Crippen LogP) is -2.21. The van der Waals surface area contributed by atoms with Crippen molar-refractivity contribution in [3.63, 3.8) is 0 Å². The van der Waals surface area contributed by atoms with Crippen molar-refractivity contribution >= 4 is 7.32 Å². The van der Waals surface area contributed by atoms with Crippen molar-refractivity contribution in [3.8, 4) is 6.26 Å². The second-order valence-electron chi connectivity index (χ2n) is 0.446. The van der Waals surface area contributed by atoms with E-state index in [1.807, 2.05) is 0 Å². The van der Waals surface area contributed by atoms with Crippen LogP contribution < -0.4 is 0 Å². The van der Waals surface area contributed by atoms with Crippen molar-refractivity contribution in [3.05, 3.63) is 0 Å². The van der Waals surface area contributed by atoms with Crippen LogP contribution in [-0.4, -0.2) is 27.5 Å². The van der Waals surface area contributed by atoms with Gasteiger partial charge in [-0.3, -0.25) is 0 Å². The van der Waals surface area contributed by atoms with Gasteiger partial charge in [0, 0.05) is 0 Å². The van der Waals surface area contributed by atoms with Crippen molar-refractivity contribution in [1.29, 1.82) is 5.26 Å². The molecule has 0 saturated carbocycles. The van der Waals surface area contributed by atoms with Crippen LogP contribution in [0.4, 0.5) is 0 Å². The second kappa shape index (κ2) is 8.97. The summed E-state index contributed by atoms with van der Waals surface area (Å²) in [6, 6.07) is 0. The zero-order valence-electron chi connectivity index (χ0n) is 3.31. The molecule has 0 aliphatic rings. The molecule has 0 amide bonds. The van der Waals surface area contributed by atoms with Gasteiger partial charge in [-0.05, 0) is 0 Å². The molecule has 0 spiro atoms. The van der Waals surface area contributed by atoms with E-state index in [9.17, 15) is 0 Å². The van der Waals surface area contributed by atoms with Crippen molar-refractivity contribution < 1.29 is 20.2 Å². The monoisotopic (exact) mass is 105 g/mol. The first-order chi connectivity index (χ1) is 3.15. The molecule has 40 valence electrons. The number of nitriles is 1. The summed E-state index contributed by atoms with van der Waals surface area (Å²) in [7, 11) is -2.17. The first kappa shape index (κ1) is 9.53. The Morgan fingerprint density at radius 3 is 1.29 bits per heavy atom. The topological polar surface area (TPSA) is 105 Å². The zero-order chi connectivity index (χ0) is 6.28. The van der Waals surface area contributed by atoms with Gasteiger partial charge in [-0.25, -0.2) is 0 Å². The normalized spacial score (nSPS) is 4.86. The summed E-state index contributed by atoms with van der Waals surface area (Å²) in [5.74, 6) is 0. The quantitative estimate of drug-likeness (QED) is 0.206. The summed E-state index contributed by atoms with van der Waals surface area (Å²) in [6.07, 6.45) is 0.750. The van der Waals surface area contributed by atoms with Gasteiger partial charge in [-0.1, -0.05) is 0 Å². The predicted molar refractivity (Wildman–Crippen MR) is 20.0 cm³/mol. The van der Waals surface area contributed by atoms with Crippen LogP contribution in [0.2, 0.25) is 0 Å². The molecule has 0 aromatic heterocycles. The van der Waals surface area contributed by atoms with Crippen LogP contribution >= 0.6 is 0 Å². The molecule has 5 nitrogen and oxygen atoms in total. The molecule has 0 bridgehead atoms. The van der Waals surface area contributed by atoms with Gasteiger partial charge in [0.15, 0.2) is 0 Å². The van der Waals surface area contributed by atoms with Crippen LogP contribution in [0.25, 0.3) is 0 Å². The van der Waals surface area contributed by atoms with Crippen LogP contribution in [0.3, 0.4) is 0 Å². The summed E-state index contributed by atoms with van der Waals surface area (Å²) in [5, 5.41) is 35.2. The van der Waals surface area contributed by atoms with Crippen LogP contribution in [-0.2, 0) is 0 Å². The van der Waals surface area contributed by atoms with E-state index in [4.69, 9.17) is 25.4 Å². The highest BCUT2D eigenvalue weighted by atomic mass is 16.5. The highest BCUT2D eigenvalue weighted by Gasteiger charge is 1.92. The fraction of sp³-hybridized carbons (Fsp3) is 0. The fourth-order valence-electron chi connectivity index (χ4n) is 0. The summed E-state index contributed by atoms with van der Waals surface area (Å²) < 4.78 is 0. The SMILES string of the molecule is N#CO.OB(O)O. The third kappa shape index (κ3) is 93.6. The minimum absolute atomic E-state index is 0.750. The van der Waals surface area contributed by atoms with Crippen molar-refractivity contribution in [2.75, 3.05) is 0 Å². The van der Waals surface area contributed by atoms with Crippen LogP contribution in [0.15, 0.2) is 0 Å². The van der Waals surface area contributed by atoms with E-state index >= 15 is 0 Å². The number of nitrogens with zero attached hydrogens (tertiary/aromatic N) is 1. The van der Waals surface area contributed by atoms with Gasteiger partial charge < -0.3 is 20.2 Å². The first-order valence-corrected chi connectivity index (χ1v) is 1.22. The Bertz CT molecular complexity index is 54.4. The van der Waals surface area contributed by atoms with Crippen LogP contribution in [0, 0.1) is 11.5 Å². The number of hydrogen-bond acceptors (Lipinski definition) is 5. The third-order valence-electron chi connectivity index (χ3n) is 0. The van der Waals surface area contributed by atoms with Crippen LogP contribution in [0.5, 0.6) is 0 Å². The molecule has 6 heteroatoms. The Hall–Kier alpha value is -0.765. The lowest BCUT2D eigenvalue weighted by molar-refractivity contribution is 0.278. The maximum atomic E-state index is 7.17. The van der Waals surface area contributed by atoms with E-state index < -0.39 is 7.32 Å². The Kier molecular flexibility index (Phi) is 12.2. The molecular formula is CH4BNO4. The van der Waals surface area contributed by atoms with E-state index in [1.54, 1.807) is 0 Å². The second-order valence-corrected chi connectivity index (χ2v) is 0.446. The maximum absolute atomic E-state index is 7.17. The van der Waals surface area contributed by atoms with E-state index in [-0.39, 0.29) is 0 Å². The fourth-order valence-corrected chi connectivity index (χ4v) is 0. The molecule has 0 fully saturated rings. The lowest BCUT2D eigenvalue weighted by atomic mass is 10.3. The molecular weight excluding hydrogens is 101 g/mol. The molecule has 0 unspecified atom stereocenters. The summed E-state index contributed by atoms with van der Waals surface area (Å²) in [6.45, 7) is 0. The number of aliphatic hydroxyl groups excluding tert-OH is 1. The van der Waals surface area contributed by atoms with Crippen molar-refractivity contribution in [1.82, 2.24) is 0 Å². The number of aliphatic hydroxyl groups is 1. The molecule has 0 radical (unpaired) electrons. The Morgan fingerprint density at radius 1 is 1.29 bits per heavy atom. The Balaban J connectivity index is 0. The lowest BCUT2D eigenvalue weighted by Gasteiger charge is -1.69. The van der Waals surface area contributed by atoms with Gasteiger partial charge in [0.25, 0.3) is 6.26 Å². The summed E-state index contributed by atoms with van der Waals surface area (Å²) in [4.78, 5) is 0.